The molecule has 9 nitrogen and oxygen atoms in total. The van der Waals surface area contributed by atoms with Gasteiger partial charge in [0.25, 0.3) is 0 Å². The highest BCUT2D eigenvalue weighted by Gasteiger charge is 2.30. The zero-order valence-electron chi connectivity index (χ0n) is 24.1. The van der Waals surface area contributed by atoms with Crippen molar-refractivity contribution in [3.05, 3.63) is 54.1 Å². The van der Waals surface area contributed by atoms with Gasteiger partial charge in [-0.3, -0.25) is 13.9 Å². The van der Waals surface area contributed by atoms with Gasteiger partial charge in [0, 0.05) is 25.6 Å². The molecule has 1 N–H and O–H groups in total. The molecule has 0 bridgehead atoms. The number of hydrogen-bond donors (Lipinski definition) is 1. The molecule has 1 fully saturated rings. The van der Waals surface area contributed by atoms with Crippen molar-refractivity contribution in [2.45, 2.75) is 77.4 Å². The van der Waals surface area contributed by atoms with E-state index in [4.69, 9.17) is 9.47 Å². The summed E-state index contributed by atoms with van der Waals surface area (Å²) in [5.74, 6) is 0.992. The van der Waals surface area contributed by atoms with E-state index in [1.165, 1.54) is 4.31 Å². The van der Waals surface area contributed by atoms with Gasteiger partial charge in [0.15, 0.2) is 0 Å². The van der Waals surface area contributed by atoms with Crippen LogP contribution in [0.5, 0.6) is 11.5 Å². The van der Waals surface area contributed by atoms with Crippen molar-refractivity contribution in [3.63, 3.8) is 0 Å². The third-order valence-electron chi connectivity index (χ3n) is 7.16. The van der Waals surface area contributed by atoms with E-state index in [9.17, 15) is 18.0 Å². The van der Waals surface area contributed by atoms with E-state index >= 15 is 0 Å². The third kappa shape index (κ3) is 8.87. The maximum Gasteiger partial charge on any atom is 0.243 e. The Kier molecular flexibility index (Phi) is 11.7. The molecule has 220 valence electrons. The first kappa shape index (κ1) is 31.3. The molecule has 1 aliphatic rings. The van der Waals surface area contributed by atoms with E-state index in [-0.39, 0.29) is 37.4 Å². The van der Waals surface area contributed by atoms with E-state index in [2.05, 4.69) is 5.32 Å². The van der Waals surface area contributed by atoms with Crippen LogP contribution in [-0.2, 0) is 26.2 Å². The van der Waals surface area contributed by atoms with Crippen molar-refractivity contribution in [2.24, 2.45) is 0 Å². The molecule has 0 radical (unpaired) electrons. The summed E-state index contributed by atoms with van der Waals surface area (Å²) in [7, 11) is -1.99. The number of nitrogens with one attached hydrogen (secondary N) is 1. The number of amides is 2. The van der Waals surface area contributed by atoms with Crippen molar-refractivity contribution < 1.29 is 27.5 Å². The summed E-state index contributed by atoms with van der Waals surface area (Å²) in [6, 6.07) is 13.8. The maximum absolute atomic E-state index is 13.7. The monoisotopic (exact) mass is 573 g/mol. The molecule has 1 atom stereocenters. The molecule has 1 saturated carbocycles. The SMILES string of the molecule is CCOc1ccc(N(CCCC(=O)N(Cc2cccc(OC)c2)[C@H](CC)C(=O)NC2CCCC2)S(C)(=O)=O)cc1. The topological polar surface area (TPSA) is 105 Å². The van der Waals surface area contributed by atoms with Crippen LogP contribution in [0.15, 0.2) is 48.5 Å². The number of carbonyl (C=O) groups is 2. The molecule has 2 aromatic carbocycles. The molecule has 0 saturated heterocycles. The zero-order chi connectivity index (χ0) is 29.1. The molecular weight excluding hydrogens is 530 g/mol. The minimum Gasteiger partial charge on any atom is -0.497 e. The van der Waals surface area contributed by atoms with E-state index in [0.717, 1.165) is 37.5 Å². The number of hydrogen-bond acceptors (Lipinski definition) is 6. The number of sulfonamides is 1. The predicted molar refractivity (Wildman–Crippen MR) is 157 cm³/mol. The number of nitrogens with zero attached hydrogens (tertiary/aromatic N) is 2. The molecular formula is C30H43N3O6S. The molecule has 40 heavy (non-hydrogen) atoms. The number of ether oxygens (including phenoxy) is 2. The van der Waals surface area contributed by atoms with Crippen molar-refractivity contribution in [1.29, 1.82) is 0 Å². The molecule has 2 aromatic rings. The van der Waals surface area contributed by atoms with Crippen molar-refractivity contribution >= 4 is 27.5 Å². The zero-order valence-corrected chi connectivity index (χ0v) is 24.9. The number of methoxy groups -OCH3 is 1. The Balaban J connectivity index is 1.75. The molecule has 0 aromatic heterocycles. The van der Waals surface area contributed by atoms with E-state index < -0.39 is 16.1 Å². The lowest BCUT2D eigenvalue weighted by molar-refractivity contribution is -0.141. The summed E-state index contributed by atoms with van der Waals surface area (Å²) < 4.78 is 37.3. The number of carbonyl (C=O) groups excluding carboxylic acids is 2. The highest BCUT2D eigenvalue weighted by molar-refractivity contribution is 7.92. The summed E-state index contributed by atoms with van der Waals surface area (Å²) in [5, 5.41) is 3.15. The lowest BCUT2D eigenvalue weighted by Gasteiger charge is -2.32. The molecule has 10 heteroatoms. The largest absolute Gasteiger partial charge is 0.497 e. The summed E-state index contributed by atoms with van der Waals surface area (Å²) in [5.41, 5.74) is 1.36. The fourth-order valence-corrected chi connectivity index (χ4v) is 6.10. The minimum absolute atomic E-state index is 0.0974. The summed E-state index contributed by atoms with van der Waals surface area (Å²) >= 11 is 0. The second kappa shape index (κ2) is 14.9. The molecule has 0 heterocycles. The second-order valence-corrected chi connectivity index (χ2v) is 12.1. The first-order valence-corrected chi connectivity index (χ1v) is 15.9. The Bertz CT molecular complexity index is 1210. The minimum atomic E-state index is -3.58. The van der Waals surface area contributed by atoms with E-state index in [1.807, 2.05) is 38.1 Å². The van der Waals surface area contributed by atoms with Gasteiger partial charge in [0.2, 0.25) is 21.8 Å². The van der Waals surface area contributed by atoms with Crippen LogP contribution in [0.3, 0.4) is 0 Å². The average molecular weight is 574 g/mol. The molecule has 0 aliphatic heterocycles. The van der Waals surface area contributed by atoms with Crippen LogP contribution in [0, 0.1) is 0 Å². The predicted octanol–water partition coefficient (Wildman–Crippen LogP) is 4.51. The molecule has 0 unspecified atom stereocenters. The van der Waals surface area contributed by atoms with Gasteiger partial charge in [-0.25, -0.2) is 8.42 Å². The molecule has 2 amide bonds. The molecule has 1 aliphatic carbocycles. The Hall–Kier alpha value is -3.27. The maximum atomic E-state index is 13.7. The normalized spacial score (nSPS) is 14.4. The van der Waals surface area contributed by atoms with Crippen LogP contribution in [0.4, 0.5) is 5.69 Å². The van der Waals surface area contributed by atoms with Gasteiger partial charge in [-0.05, 0) is 74.6 Å². The van der Waals surface area contributed by atoms with Crippen molar-refractivity contribution in [3.8, 4) is 11.5 Å². The van der Waals surface area contributed by atoms with Crippen LogP contribution in [0.25, 0.3) is 0 Å². The van der Waals surface area contributed by atoms with E-state index in [1.54, 1.807) is 36.3 Å². The highest BCUT2D eigenvalue weighted by atomic mass is 32.2. The molecule has 0 spiro atoms. The van der Waals surface area contributed by atoms with E-state index in [0.29, 0.717) is 36.6 Å². The second-order valence-electron chi connectivity index (χ2n) is 10.2. The van der Waals surface area contributed by atoms with Crippen molar-refractivity contribution in [2.75, 3.05) is 30.8 Å². The number of benzene rings is 2. The Morgan fingerprint density at radius 3 is 2.35 bits per heavy atom. The summed E-state index contributed by atoms with van der Waals surface area (Å²) in [6.45, 7) is 4.69. The van der Waals surface area contributed by atoms with Gasteiger partial charge in [0.05, 0.1) is 25.7 Å². The quantitative estimate of drug-likeness (QED) is 0.336. The highest BCUT2D eigenvalue weighted by Crippen LogP contribution is 2.24. The van der Waals surface area contributed by atoms with Gasteiger partial charge in [-0.2, -0.15) is 0 Å². The summed E-state index contributed by atoms with van der Waals surface area (Å²) in [4.78, 5) is 28.6. The Labute approximate surface area is 238 Å². The van der Waals surface area contributed by atoms with Gasteiger partial charge < -0.3 is 19.7 Å². The van der Waals surface area contributed by atoms with Gasteiger partial charge >= 0.3 is 0 Å². The lowest BCUT2D eigenvalue weighted by atomic mass is 10.1. The van der Waals surface area contributed by atoms with Crippen LogP contribution in [0.2, 0.25) is 0 Å². The Morgan fingerprint density at radius 2 is 1.75 bits per heavy atom. The first-order valence-electron chi connectivity index (χ1n) is 14.1. The van der Waals surface area contributed by atoms with Crippen LogP contribution in [0.1, 0.15) is 64.4 Å². The fraction of sp³-hybridized carbons (Fsp3) is 0.533. The van der Waals surface area contributed by atoms with Crippen LogP contribution in [-0.4, -0.2) is 63.7 Å². The van der Waals surface area contributed by atoms with Gasteiger partial charge in [-0.15, -0.1) is 0 Å². The number of rotatable bonds is 15. The smallest absolute Gasteiger partial charge is 0.243 e. The standard InChI is InChI=1S/C30H43N3O6S/c1-5-28(30(35)31-24-12-7-8-13-24)32(22-23-11-9-14-27(21-23)38-3)29(34)15-10-20-33(40(4,36)37)25-16-18-26(19-17-25)39-6-2/h9,11,14,16-19,21,24,28H,5-8,10,12-13,15,20,22H2,1-4H3,(H,31,35)/t28-/m1/s1. The van der Waals surface area contributed by atoms with Gasteiger partial charge in [0.1, 0.15) is 17.5 Å². The number of anilines is 1. The van der Waals surface area contributed by atoms with Gasteiger partial charge in [-0.1, -0.05) is 31.9 Å². The lowest BCUT2D eigenvalue weighted by Crippen LogP contribution is -2.51. The first-order chi connectivity index (χ1) is 19.2. The van der Waals surface area contributed by atoms with Crippen LogP contribution < -0.4 is 19.1 Å². The van der Waals surface area contributed by atoms with Crippen LogP contribution >= 0.6 is 0 Å². The average Bonchev–Trinajstić information content (AvgIpc) is 3.44. The molecule has 3 rings (SSSR count). The third-order valence-corrected chi connectivity index (χ3v) is 8.36. The summed E-state index contributed by atoms with van der Waals surface area (Å²) in [6.07, 6.45) is 6.13. The Morgan fingerprint density at radius 1 is 1.05 bits per heavy atom. The van der Waals surface area contributed by atoms with Crippen molar-refractivity contribution in [1.82, 2.24) is 10.2 Å². The fourth-order valence-electron chi connectivity index (χ4n) is 5.13.